The number of hydrogen-bond donors (Lipinski definition) is 0. The van der Waals surface area contributed by atoms with Crippen LogP contribution in [-0.2, 0) is 9.22 Å². The minimum atomic E-state index is -1.93. The highest BCUT2D eigenvalue weighted by atomic mass is 28.4. The van der Waals surface area contributed by atoms with Crippen LogP contribution in [0.4, 0.5) is 0 Å². The third-order valence-corrected chi connectivity index (χ3v) is 10.5. The second-order valence-electron chi connectivity index (χ2n) is 8.96. The van der Waals surface area contributed by atoms with Crippen molar-refractivity contribution >= 4 is 14.2 Å². The van der Waals surface area contributed by atoms with Crippen molar-refractivity contribution in [2.45, 2.75) is 51.0 Å². The molecule has 2 aromatic rings. The van der Waals surface area contributed by atoms with Gasteiger partial charge in [-0.2, -0.15) is 0 Å². The van der Waals surface area contributed by atoms with Crippen LogP contribution in [-0.4, -0.2) is 25.7 Å². The first-order valence-electron chi connectivity index (χ1n) is 9.95. The van der Waals surface area contributed by atoms with Gasteiger partial charge in [-0.15, -0.1) is 0 Å². The molecule has 0 aliphatic carbocycles. The predicted octanol–water partition coefficient (Wildman–Crippen LogP) is 5.89. The maximum atomic E-state index is 12.9. The van der Waals surface area contributed by atoms with E-state index in [1.165, 1.54) is 0 Å². The lowest BCUT2D eigenvalue weighted by Crippen LogP contribution is -2.44. The summed E-state index contributed by atoms with van der Waals surface area (Å²) in [4.78, 5) is 14.9. The molecule has 1 aliphatic rings. The van der Waals surface area contributed by atoms with Gasteiger partial charge < -0.3 is 9.33 Å². The zero-order valence-corrected chi connectivity index (χ0v) is 18.6. The van der Waals surface area contributed by atoms with Crippen molar-refractivity contribution in [3.63, 3.8) is 0 Å². The first kappa shape index (κ1) is 20.6. The van der Waals surface area contributed by atoms with Crippen LogP contribution in [0, 0.1) is 0 Å². The smallest absolute Gasteiger partial charge is 0.247 e. The number of amides is 1. The summed E-state index contributed by atoms with van der Waals surface area (Å²) in [5.41, 5.74) is 2.23. The molecule has 2 atom stereocenters. The summed E-state index contributed by atoms with van der Waals surface area (Å²) in [6, 6.07) is 20.3. The Hall–Kier alpha value is -2.17. The highest BCUT2D eigenvalue weighted by Gasteiger charge is 2.40. The van der Waals surface area contributed by atoms with E-state index in [0.717, 1.165) is 11.1 Å². The van der Waals surface area contributed by atoms with E-state index in [2.05, 4.69) is 58.1 Å². The molecule has 0 radical (unpaired) electrons. The zero-order valence-electron chi connectivity index (χ0n) is 17.6. The molecule has 1 heterocycles. The molecule has 3 rings (SSSR count). The van der Waals surface area contributed by atoms with Crippen molar-refractivity contribution in [2.24, 2.45) is 0 Å². The summed E-state index contributed by atoms with van der Waals surface area (Å²) in [5, 5.41) is 0.125. The Bertz CT molecular complexity index is 825. The van der Waals surface area contributed by atoms with Crippen molar-refractivity contribution in [1.82, 2.24) is 4.90 Å². The first-order chi connectivity index (χ1) is 13.2. The third-order valence-electron chi connectivity index (χ3n) is 6.04. The van der Waals surface area contributed by atoms with E-state index in [4.69, 9.17) is 4.43 Å². The molecule has 0 saturated carbocycles. The van der Waals surface area contributed by atoms with Crippen LogP contribution in [0.15, 0.2) is 72.8 Å². The van der Waals surface area contributed by atoms with Gasteiger partial charge in [0.25, 0.3) is 0 Å². The van der Waals surface area contributed by atoms with E-state index in [1.807, 2.05) is 47.4 Å². The molecule has 4 heteroatoms. The zero-order chi connectivity index (χ0) is 20.4. The predicted molar refractivity (Wildman–Crippen MR) is 118 cm³/mol. The molecule has 0 spiro atoms. The van der Waals surface area contributed by atoms with Gasteiger partial charge >= 0.3 is 0 Å². The van der Waals surface area contributed by atoms with Crippen LogP contribution in [0.1, 0.15) is 44.0 Å². The van der Waals surface area contributed by atoms with E-state index in [9.17, 15) is 4.79 Å². The number of hydrogen-bond acceptors (Lipinski definition) is 2. The second kappa shape index (κ2) is 8.06. The molecule has 1 aliphatic heterocycles. The topological polar surface area (TPSA) is 29.5 Å². The summed E-state index contributed by atoms with van der Waals surface area (Å²) < 4.78 is 6.57. The van der Waals surface area contributed by atoms with Crippen molar-refractivity contribution < 1.29 is 9.22 Å². The molecule has 0 unspecified atom stereocenters. The maximum Gasteiger partial charge on any atom is 0.247 e. The summed E-state index contributed by atoms with van der Waals surface area (Å²) in [6.45, 7) is 11.8. The van der Waals surface area contributed by atoms with Crippen molar-refractivity contribution in [2.75, 3.05) is 6.61 Å². The van der Waals surface area contributed by atoms with E-state index in [0.29, 0.717) is 6.61 Å². The van der Waals surface area contributed by atoms with Crippen LogP contribution >= 0.6 is 0 Å². The average molecular weight is 394 g/mol. The Kier molecular flexibility index (Phi) is 5.92. The maximum absolute atomic E-state index is 12.9. The lowest BCUT2D eigenvalue weighted by Gasteiger charge is -2.40. The summed E-state index contributed by atoms with van der Waals surface area (Å²) >= 11 is 0. The van der Waals surface area contributed by atoms with Crippen molar-refractivity contribution in [3.05, 3.63) is 83.9 Å². The molecule has 0 aromatic heterocycles. The van der Waals surface area contributed by atoms with Crippen LogP contribution in [0.25, 0.3) is 0 Å². The van der Waals surface area contributed by atoms with Gasteiger partial charge in [0, 0.05) is 6.08 Å². The largest absolute Gasteiger partial charge is 0.414 e. The normalized spacial score (nSPS) is 18.5. The third kappa shape index (κ3) is 4.29. The lowest BCUT2D eigenvalue weighted by atomic mass is 10.0. The number of benzene rings is 2. The van der Waals surface area contributed by atoms with Gasteiger partial charge in [-0.3, -0.25) is 4.79 Å². The van der Waals surface area contributed by atoms with E-state index in [-0.39, 0.29) is 23.0 Å². The molecular formula is C24H31NO2Si. The van der Waals surface area contributed by atoms with Crippen molar-refractivity contribution in [3.8, 4) is 0 Å². The molecule has 0 fully saturated rings. The quantitative estimate of drug-likeness (QED) is 0.573. The van der Waals surface area contributed by atoms with Gasteiger partial charge in [-0.1, -0.05) is 87.5 Å². The van der Waals surface area contributed by atoms with Gasteiger partial charge in [0.2, 0.25) is 5.91 Å². The molecule has 28 heavy (non-hydrogen) atoms. The van der Waals surface area contributed by atoms with Crippen LogP contribution in [0.5, 0.6) is 0 Å². The van der Waals surface area contributed by atoms with Gasteiger partial charge in [-0.25, -0.2) is 0 Å². The van der Waals surface area contributed by atoms with Gasteiger partial charge in [0.1, 0.15) is 0 Å². The average Bonchev–Trinajstić information content (AvgIpc) is 3.04. The molecule has 2 aromatic carbocycles. The summed E-state index contributed by atoms with van der Waals surface area (Å²) in [5.74, 6) is 0.0431. The number of carbonyl (C=O) groups excluding carboxylic acids is 1. The first-order valence-corrected chi connectivity index (χ1v) is 12.9. The van der Waals surface area contributed by atoms with Gasteiger partial charge in [-0.05, 0) is 29.3 Å². The highest BCUT2D eigenvalue weighted by molar-refractivity contribution is 6.74. The standard InChI is InChI=1S/C24H31NO2Si/c1-24(2,3)28(4,5)27-18-22(20-14-10-7-11-15-20)25-21(16-17-23(25)26)19-12-8-6-9-13-19/h6-17,21-22H,18H2,1-5H3/t21-,22+/m1/s1. The van der Waals surface area contributed by atoms with Gasteiger partial charge in [0.05, 0.1) is 18.7 Å². The summed E-state index contributed by atoms with van der Waals surface area (Å²) in [6.07, 6.45) is 3.69. The monoisotopic (exact) mass is 393 g/mol. The molecular weight excluding hydrogens is 362 g/mol. The Morgan fingerprint density at radius 3 is 2.14 bits per heavy atom. The number of carbonyl (C=O) groups is 1. The van der Waals surface area contributed by atoms with Crippen LogP contribution in [0.3, 0.4) is 0 Å². The Morgan fingerprint density at radius 1 is 1.00 bits per heavy atom. The second-order valence-corrected chi connectivity index (χ2v) is 13.8. The fourth-order valence-electron chi connectivity index (χ4n) is 3.27. The molecule has 3 nitrogen and oxygen atoms in total. The SMILES string of the molecule is CC(C)(C)[Si](C)(C)OC[C@@H](c1ccccc1)N1C(=O)C=C[C@@H]1c1ccccc1. The van der Waals surface area contributed by atoms with Crippen molar-refractivity contribution in [1.29, 1.82) is 0 Å². The van der Waals surface area contributed by atoms with Gasteiger partial charge in [0.15, 0.2) is 8.32 Å². The highest BCUT2D eigenvalue weighted by Crippen LogP contribution is 2.40. The fourth-order valence-corrected chi connectivity index (χ4v) is 4.28. The molecule has 148 valence electrons. The summed E-state index contributed by atoms with van der Waals surface area (Å²) in [7, 11) is -1.93. The fraction of sp³-hybridized carbons (Fsp3) is 0.375. The Morgan fingerprint density at radius 2 is 1.57 bits per heavy atom. The molecule has 0 bridgehead atoms. The molecule has 0 saturated heterocycles. The Labute approximate surface area is 170 Å². The van der Waals surface area contributed by atoms with E-state index in [1.54, 1.807) is 6.08 Å². The minimum Gasteiger partial charge on any atom is -0.414 e. The lowest BCUT2D eigenvalue weighted by molar-refractivity contribution is -0.129. The minimum absolute atomic E-state index is 0.0431. The number of nitrogens with zero attached hydrogens (tertiary/aromatic N) is 1. The van der Waals surface area contributed by atoms with E-state index >= 15 is 0 Å². The molecule has 1 amide bonds. The number of rotatable bonds is 6. The van der Waals surface area contributed by atoms with Crippen LogP contribution < -0.4 is 0 Å². The van der Waals surface area contributed by atoms with E-state index < -0.39 is 8.32 Å². The molecule has 0 N–H and O–H groups in total. The van der Waals surface area contributed by atoms with Crippen LogP contribution in [0.2, 0.25) is 18.1 Å². The Balaban J connectivity index is 1.93.